The second-order valence-electron chi connectivity index (χ2n) is 7.45. The van der Waals surface area contributed by atoms with Crippen molar-refractivity contribution < 1.29 is 4.79 Å². The smallest absolute Gasteiger partial charge is 0.223 e. The van der Waals surface area contributed by atoms with Gasteiger partial charge in [0.2, 0.25) is 5.91 Å². The van der Waals surface area contributed by atoms with Crippen molar-refractivity contribution in [2.24, 2.45) is 11.8 Å². The lowest BCUT2D eigenvalue weighted by Crippen LogP contribution is -2.36. The van der Waals surface area contributed by atoms with Crippen LogP contribution in [-0.4, -0.2) is 22.3 Å². The van der Waals surface area contributed by atoms with Crippen LogP contribution in [0.2, 0.25) is 0 Å². The minimum absolute atomic E-state index is 0.335. The Bertz CT molecular complexity index is 534. The van der Waals surface area contributed by atoms with Gasteiger partial charge >= 0.3 is 0 Å². The van der Waals surface area contributed by atoms with Crippen LogP contribution in [0.3, 0.4) is 0 Å². The van der Waals surface area contributed by atoms with E-state index in [1.807, 2.05) is 24.4 Å². The van der Waals surface area contributed by atoms with Crippen LogP contribution in [0.5, 0.6) is 0 Å². The number of aromatic nitrogens is 1. The van der Waals surface area contributed by atoms with Crippen molar-refractivity contribution in [3.05, 3.63) is 42.2 Å². The zero-order valence-electron chi connectivity index (χ0n) is 14.7. The molecular weight excluding hydrogens is 296 g/mol. The number of hydrogen-bond acceptors (Lipinski definition) is 2. The van der Waals surface area contributed by atoms with Crippen molar-refractivity contribution in [1.29, 1.82) is 0 Å². The Morgan fingerprint density at radius 1 is 1.08 bits per heavy atom. The summed E-state index contributed by atoms with van der Waals surface area (Å²) in [7, 11) is 0. The summed E-state index contributed by atoms with van der Waals surface area (Å²) in [6.07, 6.45) is 17.0. The first-order chi connectivity index (χ1) is 11.8. The standard InChI is InChI=1S/C21H30N2O/c24-21(15-18-9-3-1-4-10-18)23(16-19-11-5-2-6-12-19)17-20-13-7-8-14-22-20/h2,5,7-8,13-14,18-19H,1,3-4,6,9-12,15-17H2/t19-/m1/s1. The molecule has 1 fully saturated rings. The van der Waals surface area contributed by atoms with E-state index in [1.165, 1.54) is 38.5 Å². The number of allylic oxidation sites excluding steroid dienone is 2. The molecule has 24 heavy (non-hydrogen) atoms. The summed E-state index contributed by atoms with van der Waals surface area (Å²) in [5, 5.41) is 0. The lowest BCUT2D eigenvalue weighted by Gasteiger charge is -2.30. The number of hydrogen-bond donors (Lipinski definition) is 0. The molecule has 2 aliphatic carbocycles. The van der Waals surface area contributed by atoms with Crippen molar-refractivity contribution >= 4 is 5.91 Å². The fraction of sp³-hybridized carbons (Fsp3) is 0.619. The molecule has 0 aromatic carbocycles. The first kappa shape index (κ1) is 17.2. The van der Waals surface area contributed by atoms with Gasteiger partial charge in [-0.2, -0.15) is 0 Å². The maximum atomic E-state index is 13.0. The summed E-state index contributed by atoms with van der Waals surface area (Å²) >= 11 is 0. The van der Waals surface area contributed by atoms with Gasteiger partial charge in [-0.15, -0.1) is 0 Å². The van der Waals surface area contributed by atoms with E-state index in [0.717, 1.165) is 31.5 Å². The summed E-state index contributed by atoms with van der Waals surface area (Å²) in [6.45, 7) is 1.54. The van der Waals surface area contributed by atoms with Gasteiger partial charge in [0.05, 0.1) is 12.2 Å². The molecule has 1 saturated carbocycles. The van der Waals surface area contributed by atoms with Crippen LogP contribution in [0.25, 0.3) is 0 Å². The second kappa shape index (κ2) is 9.00. The van der Waals surface area contributed by atoms with Crippen LogP contribution in [-0.2, 0) is 11.3 Å². The van der Waals surface area contributed by atoms with Gasteiger partial charge in [-0.3, -0.25) is 9.78 Å². The molecule has 0 saturated heterocycles. The van der Waals surface area contributed by atoms with E-state index in [4.69, 9.17) is 0 Å². The third kappa shape index (κ3) is 5.19. The Morgan fingerprint density at radius 3 is 2.67 bits per heavy atom. The number of pyridine rings is 1. The number of amides is 1. The monoisotopic (exact) mass is 326 g/mol. The number of carbonyl (C=O) groups is 1. The molecule has 1 amide bonds. The summed E-state index contributed by atoms with van der Waals surface area (Å²) in [5.41, 5.74) is 1.00. The van der Waals surface area contributed by atoms with Crippen molar-refractivity contribution in [3.63, 3.8) is 0 Å². The average molecular weight is 326 g/mol. The summed E-state index contributed by atoms with van der Waals surface area (Å²) < 4.78 is 0. The highest BCUT2D eigenvalue weighted by Gasteiger charge is 2.24. The van der Waals surface area contributed by atoms with Crippen molar-refractivity contribution in [2.45, 2.75) is 64.3 Å². The van der Waals surface area contributed by atoms with Gasteiger partial charge in [0.1, 0.15) is 0 Å². The molecule has 3 nitrogen and oxygen atoms in total. The highest BCUT2D eigenvalue weighted by atomic mass is 16.2. The Hall–Kier alpha value is -1.64. The molecule has 3 heteroatoms. The van der Waals surface area contributed by atoms with Gasteiger partial charge < -0.3 is 4.90 Å². The Morgan fingerprint density at radius 2 is 1.96 bits per heavy atom. The maximum absolute atomic E-state index is 13.0. The van der Waals surface area contributed by atoms with Crippen molar-refractivity contribution in [3.8, 4) is 0 Å². The topological polar surface area (TPSA) is 33.2 Å². The molecule has 1 atom stereocenters. The molecule has 0 unspecified atom stereocenters. The van der Waals surface area contributed by atoms with E-state index in [9.17, 15) is 4.79 Å². The van der Waals surface area contributed by atoms with Crippen LogP contribution in [0.15, 0.2) is 36.5 Å². The fourth-order valence-corrected chi connectivity index (χ4v) is 4.04. The number of rotatable bonds is 6. The first-order valence-electron chi connectivity index (χ1n) is 9.64. The third-order valence-electron chi connectivity index (χ3n) is 5.48. The van der Waals surface area contributed by atoms with Crippen LogP contribution in [0.4, 0.5) is 0 Å². The van der Waals surface area contributed by atoms with E-state index < -0.39 is 0 Å². The van der Waals surface area contributed by atoms with Crippen LogP contribution < -0.4 is 0 Å². The molecule has 3 rings (SSSR count). The Kier molecular flexibility index (Phi) is 6.45. The molecule has 0 spiro atoms. The Balaban J connectivity index is 1.63. The molecule has 0 aliphatic heterocycles. The first-order valence-corrected chi connectivity index (χ1v) is 9.64. The zero-order valence-corrected chi connectivity index (χ0v) is 14.7. The molecule has 0 radical (unpaired) electrons. The molecule has 1 aromatic heterocycles. The predicted molar refractivity (Wildman–Crippen MR) is 97.3 cm³/mol. The molecule has 2 aliphatic rings. The summed E-state index contributed by atoms with van der Waals surface area (Å²) in [4.78, 5) is 19.5. The molecule has 1 aromatic rings. The number of nitrogens with zero attached hydrogens (tertiary/aromatic N) is 2. The van der Waals surface area contributed by atoms with Crippen LogP contribution in [0, 0.1) is 11.8 Å². The molecular formula is C21H30N2O. The summed E-state index contributed by atoms with van der Waals surface area (Å²) in [5.74, 6) is 1.54. The highest BCUT2D eigenvalue weighted by Crippen LogP contribution is 2.28. The van der Waals surface area contributed by atoms with Crippen LogP contribution in [0.1, 0.15) is 63.5 Å². The van der Waals surface area contributed by atoms with E-state index in [1.54, 1.807) is 0 Å². The molecule has 0 bridgehead atoms. The van der Waals surface area contributed by atoms with Gasteiger partial charge in [0.25, 0.3) is 0 Å². The normalized spacial score (nSPS) is 21.6. The van der Waals surface area contributed by atoms with E-state index >= 15 is 0 Å². The molecule has 1 heterocycles. The van der Waals surface area contributed by atoms with E-state index in [0.29, 0.717) is 24.3 Å². The van der Waals surface area contributed by atoms with E-state index in [2.05, 4.69) is 22.0 Å². The zero-order chi connectivity index (χ0) is 16.6. The largest absolute Gasteiger partial charge is 0.337 e. The predicted octanol–water partition coefficient (Wildman–Crippen LogP) is 4.74. The minimum Gasteiger partial charge on any atom is -0.337 e. The van der Waals surface area contributed by atoms with Gasteiger partial charge in [-0.1, -0.05) is 37.5 Å². The third-order valence-corrected chi connectivity index (χ3v) is 5.48. The van der Waals surface area contributed by atoms with Gasteiger partial charge in [-0.25, -0.2) is 0 Å². The van der Waals surface area contributed by atoms with Crippen molar-refractivity contribution in [2.75, 3.05) is 6.54 Å². The van der Waals surface area contributed by atoms with Gasteiger partial charge in [-0.05, 0) is 56.1 Å². The lowest BCUT2D eigenvalue weighted by molar-refractivity contribution is -0.133. The quantitative estimate of drug-likeness (QED) is 0.708. The average Bonchev–Trinajstić information content (AvgIpc) is 2.64. The molecule has 0 N–H and O–H groups in total. The SMILES string of the molecule is O=C(CC1CCCCC1)N(Cc1ccccn1)C[C@@H]1CC=CCC1. The summed E-state index contributed by atoms with van der Waals surface area (Å²) in [6, 6.07) is 5.97. The van der Waals surface area contributed by atoms with Gasteiger partial charge in [0, 0.05) is 19.2 Å². The maximum Gasteiger partial charge on any atom is 0.223 e. The van der Waals surface area contributed by atoms with E-state index in [-0.39, 0.29) is 0 Å². The number of carbonyl (C=O) groups excluding carboxylic acids is 1. The van der Waals surface area contributed by atoms with Crippen molar-refractivity contribution in [1.82, 2.24) is 9.88 Å². The Labute approximate surface area is 146 Å². The van der Waals surface area contributed by atoms with Crippen LogP contribution >= 0.6 is 0 Å². The van der Waals surface area contributed by atoms with Gasteiger partial charge in [0.15, 0.2) is 0 Å². The highest BCUT2D eigenvalue weighted by molar-refractivity contribution is 5.76. The molecule has 130 valence electrons. The fourth-order valence-electron chi connectivity index (χ4n) is 4.04. The minimum atomic E-state index is 0.335. The lowest BCUT2D eigenvalue weighted by atomic mass is 9.86. The second-order valence-corrected chi connectivity index (χ2v) is 7.45.